The summed E-state index contributed by atoms with van der Waals surface area (Å²) in [6.45, 7) is 2.77. The third kappa shape index (κ3) is 3.04. The van der Waals surface area contributed by atoms with E-state index in [0.29, 0.717) is 30.6 Å². The highest BCUT2D eigenvalue weighted by atomic mass is 16.5. The lowest BCUT2D eigenvalue weighted by Gasteiger charge is -2.34. The van der Waals surface area contributed by atoms with E-state index in [1.54, 1.807) is 23.1 Å². The molecule has 0 aromatic heterocycles. The first-order chi connectivity index (χ1) is 10.1. The Morgan fingerprint density at radius 2 is 2.10 bits per heavy atom. The molecule has 1 aliphatic rings. The fraction of sp³-hybridized carbons (Fsp3) is 0.400. The van der Waals surface area contributed by atoms with Crippen LogP contribution in [0, 0.1) is 0 Å². The molecule has 1 aliphatic heterocycles. The Bertz CT molecular complexity index is 571. The molecule has 1 aromatic carbocycles. The van der Waals surface area contributed by atoms with E-state index in [1.165, 1.54) is 13.2 Å². The van der Waals surface area contributed by atoms with Crippen LogP contribution in [0.4, 0.5) is 0 Å². The van der Waals surface area contributed by atoms with Crippen molar-refractivity contribution in [3.8, 4) is 0 Å². The minimum absolute atomic E-state index is 0.138. The van der Waals surface area contributed by atoms with Gasteiger partial charge in [-0.2, -0.15) is 0 Å². The topological polar surface area (TPSA) is 75.7 Å². The van der Waals surface area contributed by atoms with Gasteiger partial charge in [0, 0.05) is 18.7 Å². The van der Waals surface area contributed by atoms with Gasteiger partial charge < -0.3 is 15.0 Å². The number of nitrogens with zero attached hydrogens (tertiary/aromatic N) is 1. The molecule has 1 N–H and O–H groups in total. The van der Waals surface area contributed by atoms with Crippen LogP contribution in [0.15, 0.2) is 24.3 Å². The summed E-state index contributed by atoms with van der Waals surface area (Å²) in [5, 5.41) is 2.75. The number of nitrogens with one attached hydrogen (secondary N) is 1. The number of carbonyl (C=O) groups is 3. The van der Waals surface area contributed by atoms with Crippen molar-refractivity contribution in [3.63, 3.8) is 0 Å². The third-order valence-corrected chi connectivity index (χ3v) is 3.51. The number of hydrogen-bond acceptors (Lipinski definition) is 4. The number of ether oxygens (including phenoxy) is 1. The zero-order valence-corrected chi connectivity index (χ0v) is 12.1. The van der Waals surface area contributed by atoms with Crippen LogP contribution in [0.5, 0.6) is 0 Å². The van der Waals surface area contributed by atoms with Crippen molar-refractivity contribution >= 4 is 17.8 Å². The van der Waals surface area contributed by atoms with Gasteiger partial charge in [-0.25, -0.2) is 4.79 Å². The van der Waals surface area contributed by atoms with Gasteiger partial charge >= 0.3 is 5.97 Å². The molecule has 6 heteroatoms. The van der Waals surface area contributed by atoms with Crippen molar-refractivity contribution in [2.75, 3.05) is 20.2 Å². The molecule has 1 fully saturated rings. The fourth-order valence-electron chi connectivity index (χ4n) is 2.43. The third-order valence-electron chi connectivity index (χ3n) is 3.51. The average Bonchev–Trinajstić information content (AvgIpc) is 2.53. The number of rotatable bonds is 3. The van der Waals surface area contributed by atoms with Gasteiger partial charge in [0.05, 0.1) is 12.7 Å². The van der Waals surface area contributed by atoms with E-state index in [0.717, 1.165) is 0 Å². The summed E-state index contributed by atoms with van der Waals surface area (Å²) in [7, 11) is 1.29. The molecule has 0 radical (unpaired) electrons. The molecule has 1 atom stereocenters. The highest BCUT2D eigenvalue weighted by Gasteiger charge is 2.32. The first-order valence-electron chi connectivity index (χ1n) is 6.85. The molecule has 2 amide bonds. The van der Waals surface area contributed by atoms with Crippen molar-refractivity contribution < 1.29 is 19.1 Å². The van der Waals surface area contributed by atoms with Crippen LogP contribution in [0.3, 0.4) is 0 Å². The second-order valence-electron chi connectivity index (χ2n) is 4.79. The molecule has 6 nitrogen and oxygen atoms in total. The van der Waals surface area contributed by atoms with Gasteiger partial charge in [-0.1, -0.05) is 13.0 Å². The average molecular weight is 290 g/mol. The fourth-order valence-corrected chi connectivity index (χ4v) is 2.43. The predicted molar refractivity (Wildman–Crippen MR) is 75.9 cm³/mol. The summed E-state index contributed by atoms with van der Waals surface area (Å²) < 4.78 is 4.65. The van der Waals surface area contributed by atoms with E-state index >= 15 is 0 Å². The number of benzene rings is 1. The van der Waals surface area contributed by atoms with E-state index in [4.69, 9.17) is 0 Å². The highest BCUT2D eigenvalue weighted by molar-refractivity contribution is 6.00. The van der Waals surface area contributed by atoms with Gasteiger partial charge in [-0.3, -0.25) is 9.59 Å². The molecule has 1 saturated heterocycles. The lowest BCUT2D eigenvalue weighted by molar-refractivity contribution is -0.127. The van der Waals surface area contributed by atoms with Crippen LogP contribution in [-0.2, 0) is 9.53 Å². The van der Waals surface area contributed by atoms with Crippen LogP contribution in [0.25, 0.3) is 0 Å². The summed E-state index contributed by atoms with van der Waals surface area (Å²) in [6, 6.07) is 5.88. The van der Waals surface area contributed by atoms with E-state index in [9.17, 15) is 14.4 Å². The molecule has 1 unspecified atom stereocenters. The van der Waals surface area contributed by atoms with Gasteiger partial charge in [-0.15, -0.1) is 0 Å². The smallest absolute Gasteiger partial charge is 0.337 e. The Kier molecular flexibility index (Phi) is 4.57. The molecule has 1 aromatic rings. The lowest BCUT2D eigenvalue weighted by atomic mass is 10.1. The first kappa shape index (κ1) is 15.0. The maximum atomic E-state index is 12.6. The first-order valence-corrected chi connectivity index (χ1v) is 6.85. The second kappa shape index (κ2) is 6.39. The monoisotopic (exact) mass is 290 g/mol. The largest absolute Gasteiger partial charge is 0.465 e. The van der Waals surface area contributed by atoms with E-state index < -0.39 is 12.0 Å². The van der Waals surface area contributed by atoms with Crippen molar-refractivity contribution in [2.45, 2.75) is 19.4 Å². The van der Waals surface area contributed by atoms with Crippen LogP contribution >= 0.6 is 0 Å². The van der Waals surface area contributed by atoms with E-state index in [2.05, 4.69) is 10.1 Å². The normalized spacial score (nSPS) is 18.1. The van der Waals surface area contributed by atoms with Crippen LogP contribution in [0.1, 0.15) is 34.1 Å². The number of esters is 1. The van der Waals surface area contributed by atoms with Crippen molar-refractivity contribution in [2.24, 2.45) is 0 Å². The van der Waals surface area contributed by atoms with Gasteiger partial charge in [0.25, 0.3) is 5.91 Å². The molecular weight excluding hydrogens is 272 g/mol. The minimum atomic E-state index is -0.493. The number of methoxy groups -OCH3 is 1. The Morgan fingerprint density at radius 1 is 1.38 bits per heavy atom. The van der Waals surface area contributed by atoms with Crippen LogP contribution in [0.2, 0.25) is 0 Å². The van der Waals surface area contributed by atoms with Gasteiger partial charge in [0.15, 0.2) is 0 Å². The molecular formula is C15H18N2O4. The zero-order valence-electron chi connectivity index (χ0n) is 12.1. The second-order valence-corrected chi connectivity index (χ2v) is 4.79. The van der Waals surface area contributed by atoms with Gasteiger partial charge in [0.2, 0.25) is 5.91 Å². The molecule has 112 valence electrons. The molecule has 0 spiro atoms. The summed E-state index contributed by atoms with van der Waals surface area (Å²) in [5.74, 6) is -0.878. The molecule has 0 saturated carbocycles. The Balaban J connectivity index is 2.26. The standard InChI is InChI=1S/C15H18N2O4/c1-3-12-13(18)16-7-8-17(12)14(19)10-5-4-6-11(9-10)15(20)21-2/h4-6,9,12H,3,7-8H2,1-2H3,(H,16,18). The minimum Gasteiger partial charge on any atom is -0.465 e. The Morgan fingerprint density at radius 3 is 2.76 bits per heavy atom. The molecule has 0 bridgehead atoms. The molecule has 2 rings (SSSR count). The predicted octanol–water partition coefficient (Wildman–Crippen LogP) is 0.824. The molecule has 21 heavy (non-hydrogen) atoms. The zero-order chi connectivity index (χ0) is 15.4. The van der Waals surface area contributed by atoms with Gasteiger partial charge in [0.1, 0.15) is 6.04 Å². The van der Waals surface area contributed by atoms with Crippen LogP contribution in [-0.4, -0.2) is 48.9 Å². The maximum absolute atomic E-state index is 12.6. The SMILES string of the molecule is CCC1C(=O)NCCN1C(=O)c1cccc(C(=O)OC)c1. The Labute approximate surface area is 123 Å². The summed E-state index contributed by atoms with van der Waals surface area (Å²) in [5.41, 5.74) is 0.698. The number of piperazine rings is 1. The quantitative estimate of drug-likeness (QED) is 0.836. The van der Waals surface area contributed by atoms with Gasteiger partial charge in [-0.05, 0) is 24.6 Å². The van der Waals surface area contributed by atoms with E-state index in [1.807, 2.05) is 6.92 Å². The summed E-state index contributed by atoms with van der Waals surface area (Å²) in [6.07, 6.45) is 0.550. The lowest BCUT2D eigenvalue weighted by Crippen LogP contribution is -2.56. The highest BCUT2D eigenvalue weighted by Crippen LogP contribution is 2.15. The van der Waals surface area contributed by atoms with Crippen molar-refractivity contribution in [1.82, 2.24) is 10.2 Å². The molecule has 1 heterocycles. The van der Waals surface area contributed by atoms with E-state index in [-0.39, 0.29) is 11.8 Å². The van der Waals surface area contributed by atoms with Crippen LogP contribution < -0.4 is 5.32 Å². The van der Waals surface area contributed by atoms with Crippen molar-refractivity contribution in [3.05, 3.63) is 35.4 Å². The van der Waals surface area contributed by atoms with Crippen molar-refractivity contribution in [1.29, 1.82) is 0 Å². The number of amides is 2. The number of carbonyl (C=O) groups excluding carboxylic acids is 3. The summed E-state index contributed by atoms with van der Waals surface area (Å²) >= 11 is 0. The number of hydrogen-bond donors (Lipinski definition) is 1. The maximum Gasteiger partial charge on any atom is 0.337 e. The summed E-state index contributed by atoms with van der Waals surface area (Å²) in [4.78, 5) is 37.5. The molecule has 0 aliphatic carbocycles. The Hall–Kier alpha value is -2.37.